The zero-order chi connectivity index (χ0) is 12.3. The van der Waals surface area contributed by atoms with Crippen molar-refractivity contribution in [1.29, 1.82) is 0 Å². The molecule has 0 aliphatic heterocycles. The van der Waals surface area contributed by atoms with E-state index in [4.69, 9.17) is 4.74 Å². The van der Waals surface area contributed by atoms with E-state index in [1.165, 1.54) is 5.56 Å². The number of benzene rings is 1. The fourth-order valence-electron chi connectivity index (χ4n) is 1.56. The molecule has 0 fully saturated rings. The Morgan fingerprint density at radius 1 is 1.41 bits per heavy atom. The van der Waals surface area contributed by atoms with Gasteiger partial charge in [-0.1, -0.05) is 29.8 Å². The number of rotatable bonds is 4. The molecular formula is C13H14BrNOS. The van der Waals surface area contributed by atoms with Gasteiger partial charge >= 0.3 is 0 Å². The first-order valence-electron chi connectivity index (χ1n) is 5.46. The Bertz CT molecular complexity index is 482. The number of thiazole rings is 1. The Balaban J connectivity index is 2.14. The van der Waals surface area contributed by atoms with E-state index >= 15 is 0 Å². The highest BCUT2D eigenvalue weighted by atomic mass is 79.9. The van der Waals surface area contributed by atoms with Crippen LogP contribution in [0.2, 0.25) is 0 Å². The van der Waals surface area contributed by atoms with Crippen molar-refractivity contribution < 1.29 is 4.74 Å². The summed E-state index contributed by atoms with van der Waals surface area (Å²) in [6, 6.07) is 6.12. The molecule has 0 saturated heterocycles. The molecule has 0 unspecified atom stereocenters. The van der Waals surface area contributed by atoms with E-state index in [-0.39, 0.29) is 0 Å². The molecule has 1 heterocycles. The van der Waals surface area contributed by atoms with Crippen LogP contribution in [0, 0.1) is 0 Å². The van der Waals surface area contributed by atoms with Crippen LogP contribution in [0.25, 0.3) is 0 Å². The van der Waals surface area contributed by atoms with E-state index in [1.54, 1.807) is 11.3 Å². The number of ether oxygens (including phenoxy) is 1. The van der Waals surface area contributed by atoms with Gasteiger partial charge in [-0.3, -0.25) is 0 Å². The topological polar surface area (TPSA) is 22.1 Å². The summed E-state index contributed by atoms with van der Waals surface area (Å²) >= 11 is 5.08. The third-order valence-corrected chi connectivity index (χ3v) is 3.58. The van der Waals surface area contributed by atoms with Crippen LogP contribution in [0.4, 0.5) is 0 Å². The second kappa shape index (κ2) is 5.65. The summed E-state index contributed by atoms with van der Waals surface area (Å²) in [6.07, 6.45) is 0. The minimum atomic E-state index is 0.443. The first-order valence-corrected chi connectivity index (χ1v) is 7.19. The molecule has 2 rings (SSSR count). The summed E-state index contributed by atoms with van der Waals surface area (Å²) in [5.74, 6) is 1.38. The molecule has 90 valence electrons. The fourth-order valence-corrected chi connectivity index (χ4v) is 2.48. The summed E-state index contributed by atoms with van der Waals surface area (Å²) in [5, 5.41) is 2.01. The number of hydrogen-bond acceptors (Lipinski definition) is 3. The van der Waals surface area contributed by atoms with Crippen molar-refractivity contribution in [3.63, 3.8) is 0 Å². The average Bonchev–Trinajstić information content (AvgIpc) is 2.80. The molecule has 0 aliphatic rings. The summed E-state index contributed by atoms with van der Waals surface area (Å²) in [5.41, 5.74) is 4.02. The van der Waals surface area contributed by atoms with Crippen LogP contribution in [0.3, 0.4) is 0 Å². The monoisotopic (exact) mass is 311 g/mol. The number of nitrogens with zero attached hydrogens (tertiary/aromatic N) is 1. The second-order valence-electron chi connectivity index (χ2n) is 4.11. The first kappa shape index (κ1) is 12.6. The molecule has 2 nitrogen and oxygen atoms in total. The van der Waals surface area contributed by atoms with Crippen molar-refractivity contribution in [2.24, 2.45) is 0 Å². The van der Waals surface area contributed by atoms with Gasteiger partial charge in [-0.2, -0.15) is 0 Å². The van der Waals surface area contributed by atoms with Gasteiger partial charge in [-0.15, -0.1) is 11.3 Å². The molecular weight excluding hydrogens is 298 g/mol. The highest BCUT2D eigenvalue weighted by Gasteiger charge is 2.09. The van der Waals surface area contributed by atoms with Crippen LogP contribution in [0.1, 0.15) is 31.0 Å². The van der Waals surface area contributed by atoms with E-state index in [9.17, 15) is 0 Å². The number of aromatic nitrogens is 1. The van der Waals surface area contributed by atoms with Crippen molar-refractivity contribution in [1.82, 2.24) is 4.98 Å². The van der Waals surface area contributed by atoms with E-state index in [2.05, 4.69) is 40.8 Å². The summed E-state index contributed by atoms with van der Waals surface area (Å²) in [4.78, 5) is 4.21. The smallest absolute Gasteiger partial charge is 0.131 e. The van der Waals surface area contributed by atoms with E-state index in [0.29, 0.717) is 12.5 Å². The summed E-state index contributed by atoms with van der Waals surface area (Å²) in [6.45, 7) is 4.86. The molecule has 4 heteroatoms. The lowest BCUT2D eigenvalue weighted by Gasteiger charge is -2.13. The Morgan fingerprint density at radius 3 is 2.88 bits per heavy atom. The molecule has 0 aliphatic carbocycles. The molecule has 0 amide bonds. The largest absolute Gasteiger partial charge is 0.487 e. The normalized spacial score (nSPS) is 10.8. The molecule has 2 aromatic rings. The minimum Gasteiger partial charge on any atom is -0.487 e. The summed E-state index contributed by atoms with van der Waals surface area (Å²) in [7, 11) is 0. The third kappa shape index (κ3) is 3.30. The van der Waals surface area contributed by atoms with Gasteiger partial charge in [-0.25, -0.2) is 4.98 Å². The van der Waals surface area contributed by atoms with Crippen LogP contribution in [-0.4, -0.2) is 4.98 Å². The Labute approximate surface area is 114 Å². The molecule has 0 spiro atoms. The fraction of sp³-hybridized carbons (Fsp3) is 0.308. The van der Waals surface area contributed by atoms with Crippen molar-refractivity contribution in [2.75, 3.05) is 0 Å². The van der Waals surface area contributed by atoms with Gasteiger partial charge in [-0.05, 0) is 29.7 Å². The highest BCUT2D eigenvalue weighted by Crippen LogP contribution is 2.30. The maximum atomic E-state index is 5.82. The van der Waals surface area contributed by atoms with E-state index in [0.717, 1.165) is 15.9 Å². The molecule has 0 bridgehead atoms. The average molecular weight is 312 g/mol. The zero-order valence-electron chi connectivity index (χ0n) is 9.81. The van der Waals surface area contributed by atoms with Gasteiger partial charge in [0.25, 0.3) is 0 Å². The molecule has 1 aromatic carbocycles. The second-order valence-corrected chi connectivity index (χ2v) is 5.74. The van der Waals surface area contributed by atoms with Crippen LogP contribution in [-0.2, 0) is 6.61 Å². The van der Waals surface area contributed by atoms with Crippen LogP contribution in [0.15, 0.2) is 33.6 Å². The predicted octanol–water partition coefficient (Wildman–Crippen LogP) is 4.61. The van der Waals surface area contributed by atoms with Gasteiger partial charge in [0.1, 0.15) is 12.4 Å². The lowest BCUT2D eigenvalue weighted by atomic mass is 10.0. The van der Waals surface area contributed by atoms with Gasteiger partial charge < -0.3 is 4.74 Å². The van der Waals surface area contributed by atoms with Crippen LogP contribution < -0.4 is 4.74 Å². The molecule has 0 radical (unpaired) electrons. The van der Waals surface area contributed by atoms with Crippen LogP contribution in [0.5, 0.6) is 5.75 Å². The lowest BCUT2D eigenvalue weighted by molar-refractivity contribution is 0.298. The SMILES string of the molecule is CC(C)c1cc(Br)ccc1OCc1cscn1. The first-order chi connectivity index (χ1) is 8.16. The molecule has 0 atom stereocenters. The van der Waals surface area contributed by atoms with Crippen molar-refractivity contribution in [3.05, 3.63) is 44.8 Å². The Kier molecular flexibility index (Phi) is 4.18. The quantitative estimate of drug-likeness (QED) is 0.822. The summed E-state index contributed by atoms with van der Waals surface area (Å²) < 4.78 is 6.91. The standard InChI is InChI=1S/C13H14BrNOS/c1-9(2)12-5-10(14)3-4-13(12)16-6-11-7-17-8-15-11/h3-5,7-9H,6H2,1-2H3. The highest BCUT2D eigenvalue weighted by molar-refractivity contribution is 9.10. The van der Waals surface area contributed by atoms with Gasteiger partial charge in [0.15, 0.2) is 0 Å². The van der Waals surface area contributed by atoms with Crippen molar-refractivity contribution >= 4 is 27.3 Å². The van der Waals surface area contributed by atoms with Crippen LogP contribution >= 0.6 is 27.3 Å². The lowest BCUT2D eigenvalue weighted by Crippen LogP contribution is -2.00. The number of halogens is 1. The Morgan fingerprint density at radius 2 is 2.24 bits per heavy atom. The Hall–Kier alpha value is -0.870. The van der Waals surface area contributed by atoms with Gasteiger partial charge in [0.2, 0.25) is 0 Å². The van der Waals surface area contributed by atoms with Crippen molar-refractivity contribution in [3.8, 4) is 5.75 Å². The maximum absolute atomic E-state index is 5.82. The minimum absolute atomic E-state index is 0.443. The van der Waals surface area contributed by atoms with E-state index < -0.39 is 0 Å². The van der Waals surface area contributed by atoms with Gasteiger partial charge in [0, 0.05) is 9.85 Å². The maximum Gasteiger partial charge on any atom is 0.131 e. The van der Waals surface area contributed by atoms with Gasteiger partial charge in [0.05, 0.1) is 11.2 Å². The molecule has 0 saturated carbocycles. The van der Waals surface area contributed by atoms with Crippen molar-refractivity contribution in [2.45, 2.75) is 26.4 Å². The number of hydrogen-bond donors (Lipinski definition) is 0. The third-order valence-electron chi connectivity index (χ3n) is 2.45. The molecule has 17 heavy (non-hydrogen) atoms. The predicted molar refractivity (Wildman–Crippen MR) is 74.7 cm³/mol. The zero-order valence-corrected chi connectivity index (χ0v) is 12.2. The molecule has 0 N–H and O–H groups in total. The van der Waals surface area contributed by atoms with E-state index in [1.807, 2.05) is 23.0 Å². The molecule has 1 aromatic heterocycles.